The topological polar surface area (TPSA) is 69.6 Å². The Hall–Kier alpha value is -0.870. The van der Waals surface area contributed by atoms with Crippen molar-refractivity contribution in [2.45, 2.75) is 167 Å². The zero-order chi connectivity index (χ0) is 25.1. The number of allylic oxidation sites excluding steroid dienone is 2. The summed E-state index contributed by atoms with van der Waals surface area (Å²) in [5.41, 5.74) is 0. The predicted octanol–water partition coefficient (Wildman–Crippen LogP) is 8.00. The molecule has 34 heavy (non-hydrogen) atoms. The van der Waals surface area contributed by atoms with Crippen LogP contribution in [0.15, 0.2) is 12.2 Å². The van der Waals surface area contributed by atoms with Gasteiger partial charge in [-0.25, -0.2) is 0 Å². The Bertz CT molecular complexity index is 452. The fourth-order valence-electron chi connectivity index (χ4n) is 4.41. The van der Waals surface area contributed by atoms with Gasteiger partial charge in [-0.3, -0.25) is 4.79 Å². The number of hydrogen-bond donors (Lipinski definition) is 3. The number of unbranched alkanes of at least 4 members (excludes halogenated alkanes) is 17. The second kappa shape index (κ2) is 26.7. The van der Waals surface area contributed by atoms with Crippen molar-refractivity contribution in [1.29, 1.82) is 0 Å². The minimum atomic E-state index is -0.654. The zero-order valence-electron chi connectivity index (χ0n) is 22.9. The fraction of sp³-hybridized carbons (Fsp3) is 0.900. The van der Waals surface area contributed by atoms with Crippen LogP contribution in [0.4, 0.5) is 0 Å². The molecule has 0 aromatic rings. The highest BCUT2D eigenvalue weighted by Gasteiger charge is 2.19. The van der Waals surface area contributed by atoms with Crippen LogP contribution in [0.1, 0.15) is 155 Å². The van der Waals surface area contributed by atoms with Crippen LogP contribution in [-0.2, 0) is 4.79 Å². The molecule has 0 aliphatic heterocycles. The highest BCUT2D eigenvalue weighted by molar-refractivity contribution is 5.76. The van der Waals surface area contributed by atoms with E-state index in [0.717, 1.165) is 25.7 Å². The van der Waals surface area contributed by atoms with E-state index in [1.807, 2.05) is 0 Å². The number of nitrogens with one attached hydrogen (secondary N) is 1. The summed E-state index contributed by atoms with van der Waals surface area (Å²) in [6.07, 6.45) is 29.8. The van der Waals surface area contributed by atoms with Gasteiger partial charge in [0, 0.05) is 6.42 Å². The smallest absolute Gasteiger partial charge is 0.220 e. The normalized spacial score (nSPS) is 13.4. The maximum Gasteiger partial charge on any atom is 0.220 e. The third-order valence-electron chi connectivity index (χ3n) is 6.78. The molecule has 2 unspecified atom stereocenters. The van der Waals surface area contributed by atoms with Crippen molar-refractivity contribution in [3.8, 4) is 0 Å². The van der Waals surface area contributed by atoms with Gasteiger partial charge in [-0.2, -0.15) is 0 Å². The van der Waals surface area contributed by atoms with Gasteiger partial charge in [0.2, 0.25) is 5.91 Å². The molecule has 0 spiro atoms. The fourth-order valence-corrected chi connectivity index (χ4v) is 4.41. The molecule has 0 saturated carbocycles. The number of rotatable bonds is 26. The van der Waals surface area contributed by atoms with Gasteiger partial charge in [-0.15, -0.1) is 0 Å². The van der Waals surface area contributed by atoms with Gasteiger partial charge >= 0.3 is 0 Å². The van der Waals surface area contributed by atoms with Gasteiger partial charge in [0.25, 0.3) is 0 Å². The van der Waals surface area contributed by atoms with E-state index >= 15 is 0 Å². The Balaban J connectivity index is 3.57. The molecule has 0 aromatic heterocycles. The van der Waals surface area contributed by atoms with E-state index in [-0.39, 0.29) is 12.5 Å². The molecule has 4 nitrogen and oxygen atoms in total. The van der Waals surface area contributed by atoms with E-state index < -0.39 is 12.1 Å². The van der Waals surface area contributed by atoms with Crippen molar-refractivity contribution in [2.24, 2.45) is 0 Å². The van der Waals surface area contributed by atoms with Gasteiger partial charge in [0.05, 0.1) is 18.8 Å². The van der Waals surface area contributed by atoms with E-state index in [1.54, 1.807) is 0 Å². The Kier molecular flexibility index (Phi) is 26.0. The van der Waals surface area contributed by atoms with Crippen LogP contribution < -0.4 is 5.32 Å². The van der Waals surface area contributed by atoms with Crippen molar-refractivity contribution < 1.29 is 15.0 Å². The number of amides is 1. The van der Waals surface area contributed by atoms with Crippen LogP contribution in [0.3, 0.4) is 0 Å². The largest absolute Gasteiger partial charge is 0.394 e. The summed E-state index contributed by atoms with van der Waals surface area (Å²) in [6, 6.07) is -0.531. The molecule has 0 saturated heterocycles. The van der Waals surface area contributed by atoms with E-state index in [1.165, 1.54) is 103 Å². The lowest BCUT2D eigenvalue weighted by Crippen LogP contribution is -2.45. The molecule has 0 radical (unpaired) electrons. The molecular weight excluding hydrogens is 422 g/mol. The van der Waals surface area contributed by atoms with Crippen molar-refractivity contribution in [3.05, 3.63) is 12.2 Å². The van der Waals surface area contributed by atoms with Gasteiger partial charge in [-0.05, 0) is 38.5 Å². The maximum atomic E-state index is 12.2. The minimum absolute atomic E-state index is 0.0469. The summed E-state index contributed by atoms with van der Waals surface area (Å²) in [4.78, 5) is 12.2. The number of carbonyl (C=O) groups is 1. The molecule has 0 aliphatic rings. The van der Waals surface area contributed by atoms with Crippen molar-refractivity contribution in [3.63, 3.8) is 0 Å². The summed E-state index contributed by atoms with van der Waals surface area (Å²) in [5, 5.41) is 22.7. The van der Waals surface area contributed by atoms with Crippen LogP contribution in [0.25, 0.3) is 0 Å². The highest BCUT2D eigenvalue weighted by Crippen LogP contribution is 2.12. The SMILES string of the molecule is CCCCCCCCC/C=C\CCCCCCCC(=O)NC(CO)C(O)CCCCCCCC. The third kappa shape index (κ3) is 22.9. The standard InChI is InChI=1S/C30H59NO3/c1-3-5-7-9-11-12-13-14-15-16-17-18-19-20-22-24-26-30(34)31-28(27-32)29(33)25-23-21-10-8-6-4-2/h15-16,28-29,32-33H,3-14,17-27H2,1-2H3,(H,31,34)/b16-15-. The molecule has 3 N–H and O–H groups in total. The lowest BCUT2D eigenvalue weighted by atomic mass is 10.0. The van der Waals surface area contributed by atoms with Gasteiger partial charge < -0.3 is 15.5 Å². The first-order chi connectivity index (χ1) is 16.7. The molecule has 0 heterocycles. The van der Waals surface area contributed by atoms with E-state index in [4.69, 9.17) is 0 Å². The lowest BCUT2D eigenvalue weighted by molar-refractivity contribution is -0.123. The summed E-state index contributed by atoms with van der Waals surface area (Å²) in [6.45, 7) is 4.27. The predicted molar refractivity (Wildman–Crippen MR) is 147 cm³/mol. The average Bonchev–Trinajstić information content (AvgIpc) is 2.84. The second-order valence-corrected chi connectivity index (χ2v) is 10.2. The molecular formula is C30H59NO3. The van der Waals surface area contributed by atoms with Crippen LogP contribution >= 0.6 is 0 Å². The van der Waals surface area contributed by atoms with Gasteiger partial charge in [-0.1, -0.05) is 122 Å². The molecule has 1 amide bonds. The molecule has 0 aromatic carbocycles. The molecule has 0 aliphatic carbocycles. The zero-order valence-corrected chi connectivity index (χ0v) is 22.9. The molecule has 4 heteroatoms. The highest BCUT2D eigenvalue weighted by atomic mass is 16.3. The average molecular weight is 482 g/mol. The monoisotopic (exact) mass is 481 g/mol. The Labute approximate surface area is 212 Å². The Morgan fingerprint density at radius 3 is 1.62 bits per heavy atom. The van der Waals surface area contributed by atoms with Crippen LogP contribution in [0, 0.1) is 0 Å². The van der Waals surface area contributed by atoms with Crippen LogP contribution in [-0.4, -0.2) is 34.9 Å². The Morgan fingerprint density at radius 2 is 1.12 bits per heavy atom. The number of aliphatic hydroxyl groups excluding tert-OH is 2. The summed E-state index contributed by atoms with van der Waals surface area (Å²) < 4.78 is 0. The summed E-state index contributed by atoms with van der Waals surface area (Å²) in [5.74, 6) is -0.0469. The summed E-state index contributed by atoms with van der Waals surface area (Å²) >= 11 is 0. The summed E-state index contributed by atoms with van der Waals surface area (Å²) in [7, 11) is 0. The van der Waals surface area contributed by atoms with Crippen LogP contribution in [0.5, 0.6) is 0 Å². The van der Waals surface area contributed by atoms with Crippen molar-refractivity contribution in [2.75, 3.05) is 6.61 Å². The maximum absolute atomic E-state index is 12.2. The number of hydrogen-bond acceptors (Lipinski definition) is 3. The van der Waals surface area contributed by atoms with E-state index in [9.17, 15) is 15.0 Å². The van der Waals surface area contributed by atoms with Crippen LogP contribution in [0.2, 0.25) is 0 Å². The molecule has 2 atom stereocenters. The van der Waals surface area contributed by atoms with Crippen molar-refractivity contribution in [1.82, 2.24) is 5.32 Å². The Morgan fingerprint density at radius 1 is 0.676 bits per heavy atom. The van der Waals surface area contributed by atoms with Crippen molar-refractivity contribution >= 4 is 5.91 Å². The molecule has 0 bridgehead atoms. The second-order valence-electron chi connectivity index (χ2n) is 10.2. The van der Waals surface area contributed by atoms with E-state index in [2.05, 4.69) is 31.3 Å². The van der Waals surface area contributed by atoms with Gasteiger partial charge in [0.1, 0.15) is 0 Å². The minimum Gasteiger partial charge on any atom is -0.394 e. The quantitative estimate of drug-likeness (QED) is 0.0865. The first kappa shape index (κ1) is 33.1. The first-order valence-corrected chi connectivity index (χ1v) is 14.9. The first-order valence-electron chi connectivity index (χ1n) is 14.9. The number of aliphatic hydroxyl groups is 2. The lowest BCUT2D eigenvalue weighted by Gasteiger charge is -2.22. The third-order valence-corrected chi connectivity index (χ3v) is 6.78. The molecule has 0 rings (SSSR count). The number of carbonyl (C=O) groups excluding carboxylic acids is 1. The molecule has 202 valence electrons. The van der Waals surface area contributed by atoms with E-state index in [0.29, 0.717) is 12.8 Å². The van der Waals surface area contributed by atoms with Gasteiger partial charge in [0.15, 0.2) is 0 Å². The molecule has 0 fully saturated rings.